The second kappa shape index (κ2) is 6.85. The number of nitrogens with zero attached hydrogens (tertiary/aromatic N) is 2. The lowest BCUT2D eigenvalue weighted by Crippen LogP contribution is -2.33. The highest BCUT2D eigenvalue weighted by Gasteiger charge is 2.53. The largest absolute Gasteiger partial charge is 0.494 e. The molecule has 0 spiro atoms. The van der Waals surface area contributed by atoms with Crippen LogP contribution in [0.5, 0.6) is 5.75 Å². The van der Waals surface area contributed by atoms with Gasteiger partial charge in [0, 0.05) is 10.8 Å². The van der Waals surface area contributed by atoms with Crippen molar-refractivity contribution < 1.29 is 14.3 Å². The Labute approximate surface area is 160 Å². The Balaban J connectivity index is 1.61. The minimum atomic E-state index is -0.431. The molecular formula is C19H17ClN2O3S. The Morgan fingerprint density at radius 3 is 2.46 bits per heavy atom. The number of anilines is 1. The first-order valence-electron chi connectivity index (χ1n) is 8.36. The highest BCUT2D eigenvalue weighted by atomic mass is 35.5. The van der Waals surface area contributed by atoms with E-state index in [-0.39, 0.29) is 17.3 Å². The molecule has 7 heteroatoms. The number of amides is 3. The summed E-state index contributed by atoms with van der Waals surface area (Å²) < 4.78 is 5.47. The average molecular weight is 389 g/mol. The molecule has 2 aromatic carbocycles. The minimum absolute atomic E-state index is 0.176. The Morgan fingerprint density at radius 2 is 1.81 bits per heavy atom. The lowest BCUT2D eigenvalue weighted by atomic mass is 10.2. The molecule has 2 aliphatic heterocycles. The maximum atomic E-state index is 13.0. The molecule has 3 amide bonds. The zero-order chi connectivity index (χ0) is 18.3. The Kier molecular flexibility index (Phi) is 4.54. The van der Waals surface area contributed by atoms with Gasteiger partial charge in [0.25, 0.3) is 5.91 Å². The zero-order valence-electron chi connectivity index (χ0n) is 14.1. The molecule has 0 bridgehead atoms. The van der Waals surface area contributed by atoms with Crippen molar-refractivity contribution in [3.05, 3.63) is 59.1 Å². The van der Waals surface area contributed by atoms with E-state index in [1.54, 1.807) is 40.9 Å². The van der Waals surface area contributed by atoms with E-state index < -0.39 is 6.04 Å². The van der Waals surface area contributed by atoms with E-state index >= 15 is 0 Å². The van der Waals surface area contributed by atoms with Crippen molar-refractivity contribution in [3.63, 3.8) is 0 Å². The van der Waals surface area contributed by atoms with Crippen molar-refractivity contribution >= 4 is 41.0 Å². The minimum Gasteiger partial charge on any atom is -0.494 e. The molecule has 2 aliphatic rings. The van der Waals surface area contributed by atoms with Gasteiger partial charge in [-0.15, -0.1) is 11.8 Å². The maximum absolute atomic E-state index is 13.0. The second-order valence-electron chi connectivity index (χ2n) is 6.04. The van der Waals surface area contributed by atoms with Crippen molar-refractivity contribution in [2.45, 2.75) is 18.3 Å². The van der Waals surface area contributed by atoms with Gasteiger partial charge in [0.15, 0.2) is 0 Å². The highest BCUT2D eigenvalue weighted by molar-refractivity contribution is 7.99. The van der Waals surface area contributed by atoms with Gasteiger partial charge in [-0.05, 0) is 48.9 Å². The molecule has 0 radical (unpaired) electrons. The molecule has 134 valence electrons. The average Bonchev–Trinajstić information content (AvgIpc) is 3.18. The molecule has 0 aliphatic carbocycles. The van der Waals surface area contributed by atoms with Gasteiger partial charge >= 0.3 is 6.03 Å². The molecule has 2 unspecified atom stereocenters. The fraction of sp³-hybridized carbons (Fsp3) is 0.263. The molecule has 2 aromatic rings. The summed E-state index contributed by atoms with van der Waals surface area (Å²) in [6.45, 7) is 2.54. The molecule has 0 saturated carbocycles. The Morgan fingerprint density at radius 1 is 1.12 bits per heavy atom. The first-order chi connectivity index (χ1) is 12.6. The standard InChI is InChI=1S/C19H17ClN2O3S/c1-2-25-15-9-3-12(4-10-15)18-22-16(11-26-18)17(23)21(19(22)24)14-7-5-13(20)6-8-14/h3-10,16,18H,2,11H2,1H3. The molecule has 2 fully saturated rings. The number of benzene rings is 2. The van der Waals surface area contributed by atoms with Crippen LogP contribution in [0, 0.1) is 0 Å². The predicted octanol–water partition coefficient (Wildman–Crippen LogP) is 4.32. The SMILES string of the molecule is CCOc1ccc(C2SCC3C(=O)N(c4ccc(Cl)cc4)C(=O)N32)cc1. The summed E-state index contributed by atoms with van der Waals surface area (Å²) >= 11 is 7.52. The number of carbonyl (C=O) groups is 2. The fourth-order valence-corrected chi connectivity index (χ4v) is 4.81. The number of imide groups is 1. The Bertz CT molecular complexity index is 841. The monoisotopic (exact) mass is 388 g/mol. The lowest BCUT2D eigenvalue weighted by Gasteiger charge is -2.23. The van der Waals surface area contributed by atoms with E-state index in [2.05, 4.69) is 0 Å². The van der Waals surface area contributed by atoms with Crippen LogP contribution in [0.3, 0.4) is 0 Å². The third-order valence-corrected chi connectivity index (χ3v) is 6.05. The van der Waals surface area contributed by atoms with Crippen molar-refractivity contribution in [2.75, 3.05) is 17.3 Å². The van der Waals surface area contributed by atoms with Gasteiger partial charge in [0.05, 0.1) is 12.3 Å². The summed E-state index contributed by atoms with van der Waals surface area (Å²) in [5.41, 5.74) is 1.54. The van der Waals surface area contributed by atoms with Crippen LogP contribution in [0.4, 0.5) is 10.5 Å². The smallest absolute Gasteiger partial charge is 0.333 e. The number of fused-ring (bicyclic) bond motifs is 1. The van der Waals surface area contributed by atoms with E-state index in [1.165, 1.54) is 4.90 Å². The molecule has 0 N–H and O–H groups in total. The zero-order valence-corrected chi connectivity index (χ0v) is 15.7. The number of carbonyl (C=O) groups excluding carboxylic acids is 2. The van der Waals surface area contributed by atoms with Gasteiger partial charge in [0.1, 0.15) is 17.2 Å². The van der Waals surface area contributed by atoms with Crippen LogP contribution in [0.2, 0.25) is 5.02 Å². The lowest BCUT2D eigenvalue weighted by molar-refractivity contribution is -0.119. The summed E-state index contributed by atoms with van der Waals surface area (Å²) in [6, 6.07) is 13.7. The number of hydrogen-bond donors (Lipinski definition) is 0. The molecule has 4 rings (SSSR count). The van der Waals surface area contributed by atoms with Crippen LogP contribution in [-0.4, -0.2) is 35.2 Å². The molecule has 2 saturated heterocycles. The summed E-state index contributed by atoms with van der Waals surface area (Å²) in [7, 11) is 0. The number of thioether (sulfide) groups is 1. The van der Waals surface area contributed by atoms with Gasteiger partial charge < -0.3 is 4.74 Å². The molecular weight excluding hydrogens is 372 g/mol. The summed E-state index contributed by atoms with van der Waals surface area (Å²) in [4.78, 5) is 28.7. The topological polar surface area (TPSA) is 49.9 Å². The maximum Gasteiger partial charge on any atom is 0.333 e. The van der Waals surface area contributed by atoms with Crippen LogP contribution < -0.4 is 9.64 Å². The first kappa shape index (κ1) is 17.2. The number of urea groups is 1. The predicted molar refractivity (Wildman–Crippen MR) is 103 cm³/mol. The summed E-state index contributed by atoms with van der Waals surface area (Å²) in [5, 5.41) is 0.389. The third-order valence-electron chi connectivity index (χ3n) is 4.48. The van der Waals surface area contributed by atoms with E-state index in [0.717, 1.165) is 11.3 Å². The van der Waals surface area contributed by atoms with Crippen molar-refractivity contribution in [1.82, 2.24) is 4.90 Å². The molecule has 0 aromatic heterocycles. The highest BCUT2D eigenvalue weighted by Crippen LogP contribution is 2.46. The van der Waals surface area contributed by atoms with Crippen LogP contribution in [0.25, 0.3) is 0 Å². The van der Waals surface area contributed by atoms with E-state index in [4.69, 9.17) is 16.3 Å². The van der Waals surface area contributed by atoms with Crippen LogP contribution in [0.1, 0.15) is 17.9 Å². The third kappa shape index (κ3) is 2.83. The first-order valence-corrected chi connectivity index (χ1v) is 9.79. The van der Waals surface area contributed by atoms with E-state index in [1.807, 2.05) is 31.2 Å². The van der Waals surface area contributed by atoms with Gasteiger partial charge in [-0.3, -0.25) is 9.69 Å². The van der Waals surface area contributed by atoms with E-state index in [0.29, 0.717) is 23.1 Å². The Hall–Kier alpha value is -2.18. The van der Waals surface area contributed by atoms with Gasteiger partial charge in [0.2, 0.25) is 0 Å². The van der Waals surface area contributed by atoms with Gasteiger partial charge in [-0.25, -0.2) is 9.69 Å². The molecule has 5 nitrogen and oxygen atoms in total. The normalized spacial score (nSPS) is 22.1. The van der Waals surface area contributed by atoms with Crippen molar-refractivity contribution in [1.29, 1.82) is 0 Å². The van der Waals surface area contributed by atoms with Gasteiger partial charge in [-0.2, -0.15) is 0 Å². The number of rotatable bonds is 4. The number of halogens is 1. The summed E-state index contributed by atoms with van der Waals surface area (Å²) in [6.07, 6.45) is 0. The second-order valence-corrected chi connectivity index (χ2v) is 7.59. The van der Waals surface area contributed by atoms with Gasteiger partial charge in [-0.1, -0.05) is 23.7 Å². The number of ether oxygens (including phenoxy) is 1. The number of hydrogen-bond acceptors (Lipinski definition) is 4. The fourth-order valence-electron chi connectivity index (χ4n) is 3.27. The van der Waals surface area contributed by atoms with Crippen LogP contribution >= 0.6 is 23.4 Å². The molecule has 2 atom stereocenters. The van der Waals surface area contributed by atoms with Crippen molar-refractivity contribution in [3.8, 4) is 5.75 Å². The molecule has 26 heavy (non-hydrogen) atoms. The van der Waals surface area contributed by atoms with Crippen LogP contribution in [0.15, 0.2) is 48.5 Å². The van der Waals surface area contributed by atoms with E-state index in [9.17, 15) is 9.59 Å². The summed E-state index contributed by atoms with van der Waals surface area (Å²) in [5.74, 6) is 1.20. The molecule has 2 heterocycles. The van der Waals surface area contributed by atoms with Crippen molar-refractivity contribution in [2.24, 2.45) is 0 Å². The van der Waals surface area contributed by atoms with Crippen LogP contribution in [-0.2, 0) is 4.79 Å². The quantitative estimate of drug-likeness (QED) is 0.732.